The van der Waals surface area contributed by atoms with Gasteiger partial charge in [0, 0.05) is 18.3 Å². The molecule has 0 heterocycles. The molecular weight excluding hydrogens is 252 g/mol. The van der Waals surface area contributed by atoms with Crippen LogP contribution in [-0.4, -0.2) is 19.1 Å². The summed E-state index contributed by atoms with van der Waals surface area (Å²) >= 11 is 0. The fourth-order valence-electron chi connectivity index (χ4n) is 1.94. The van der Waals surface area contributed by atoms with Gasteiger partial charge in [0.15, 0.2) is 6.61 Å². The zero-order valence-electron chi connectivity index (χ0n) is 12.4. The Morgan fingerprint density at radius 1 is 1.20 bits per heavy atom. The van der Waals surface area contributed by atoms with Gasteiger partial charge in [-0.15, -0.1) is 0 Å². The zero-order chi connectivity index (χ0) is 14.6. The number of hydrogen-bond donors (Lipinski definition) is 2. The maximum absolute atomic E-state index is 11.6. The first-order chi connectivity index (χ1) is 9.72. The third-order valence-electron chi connectivity index (χ3n) is 3.08. The average Bonchev–Trinajstić information content (AvgIpc) is 2.44. The lowest BCUT2D eigenvalue weighted by atomic mass is 10.1. The zero-order valence-corrected chi connectivity index (χ0v) is 12.4. The van der Waals surface area contributed by atoms with E-state index in [4.69, 9.17) is 10.5 Å². The number of rotatable bonds is 10. The van der Waals surface area contributed by atoms with Crippen LogP contribution in [0.15, 0.2) is 24.3 Å². The SMILES string of the molecule is CCCCCCCCNC(=O)COc1cccc(N)c1. The molecule has 0 aliphatic rings. The summed E-state index contributed by atoms with van der Waals surface area (Å²) in [5.74, 6) is 0.542. The van der Waals surface area contributed by atoms with E-state index in [1.165, 1.54) is 32.1 Å². The van der Waals surface area contributed by atoms with Crippen LogP contribution < -0.4 is 15.8 Å². The molecule has 0 aliphatic carbocycles. The Morgan fingerprint density at radius 3 is 2.70 bits per heavy atom. The average molecular weight is 278 g/mol. The summed E-state index contributed by atoms with van der Waals surface area (Å²) in [7, 11) is 0. The molecule has 0 aromatic heterocycles. The molecule has 0 radical (unpaired) electrons. The van der Waals surface area contributed by atoms with Crippen LogP contribution in [-0.2, 0) is 4.79 Å². The van der Waals surface area contributed by atoms with Gasteiger partial charge in [-0.05, 0) is 18.6 Å². The number of anilines is 1. The lowest BCUT2D eigenvalue weighted by Gasteiger charge is -2.08. The second kappa shape index (κ2) is 10.1. The van der Waals surface area contributed by atoms with Crippen LogP contribution in [0.5, 0.6) is 5.75 Å². The Morgan fingerprint density at radius 2 is 1.95 bits per heavy atom. The van der Waals surface area contributed by atoms with Crippen molar-refractivity contribution >= 4 is 11.6 Å². The van der Waals surface area contributed by atoms with Crippen molar-refractivity contribution in [1.29, 1.82) is 0 Å². The van der Waals surface area contributed by atoms with Crippen LogP contribution in [0, 0.1) is 0 Å². The van der Waals surface area contributed by atoms with Gasteiger partial charge in [-0.25, -0.2) is 0 Å². The molecule has 4 nitrogen and oxygen atoms in total. The second-order valence-electron chi connectivity index (χ2n) is 4.98. The molecule has 0 unspecified atom stereocenters. The van der Waals surface area contributed by atoms with Crippen molar-refractivity contribution in [3.63, 3.8) is 0 Å². The Hall–Kier alpha value is -1.71. The molecule has 0 bridgehead atoms. The number of nitrogens with two attached hydrogens (primary N) is 1. The van der Waals surface area contributed by atoms with Crippen LogP contribution in [0.25, 0.3) is 0 Å². The molecule has 0 saturated carbocycles. The molecule has 1 amide bonds. The number of amides is 1. The van der Waals surface area contributed by atoms with Gasteiger partial charge in [0.25, 0.3) is 5.91 Å². The highest BCUT2D eigenvalue weighted by atomic mass is 16.5. The predicted octanol–water partition coefficient (Wildman–Crippen LogP) is 3.12. The van der Waals surface area contributed by atoms with E-state index in [0.29, 0.717) is 11.4 Å². The highest BCUT2D eigenvalue weighted by Gasteiger charge is 2.02. The van der Waals surface area contributed by atoms with E-state index in [-0.39, 0.29) is 12.5 Å². The number of ether oxygens (including phenoxy) is 1. The van der Waals surface area contributed by atoms with E-state index in [1.807, 2.05) is 0 Å². The van der Waals surface area contributed by atoms with Gasteiger partial charge in [0.05, 0.1) is 0 Å². The van der Waals surface area contributed by atoms with Crippen LogP contribution in [0.3, 0.4) is 0 Å². The molecule has 20 heavy (non-hydrogen) atoms. The minimum absolute atomic E-state index is 0.0410. The van der Waals surface area contributed by atoms with E-state index in [9.17, 15) is 4.79 Å². The molecule has 0 atom stereocenters. The van der Waals surface area contributed by atoms with Crippen molar-refractivity contribution in [3.05, 3.63) is 24.3 Å². The van der Waals surface area contributed by atoms with Crippen molar-refractivity contribution in [2.75, 3.05) is 18.9 Å². The summed E-state index contributed by atoms with van der Waals surface area (Å²) in [6.45, 7) is 2.98. The number of benzene rings is 1. The maximum Gasteiger partial charge on any atom is 0.257 e. The van der Waals surface area contributed by atoms with E-state index >= 15 is 0 Å². The Balaban J connectivity index is 2.03. The van der Waals surface area contributed by atoms with Crippen LogP contribution in [0.4, 0.5) is 5.69 Å². The molecule has 1 aromatic rings. The number of unbranched alkanes of at least 4 members (excludes halogenated alkanes) is 5. The monoisotopic (exact) mass is 278 g/mol. The third kappa shape index (κ3) is 7.67. The van der Waals surface area contributed by atoms with E-state index in [1.54, 1.807) is 24.3 Å². The van der Waals surface area contributed by atoms with Gasteiger partial charge < -0.3 is 15.8 Å². The van der Waals surface area contributed by atoms with Gasteiger partial charge in [0.1, 0.15) is 5.75 Å². The van der Waals surface area contributed by atoms with Crippen molar-refractivity contribution in [3.8, 4) is 5.75 Å². The molecule has 0 fully saturated rings. The molecule has 4 heteroatoms. The van der Waals surface area contributed by atoms with Crippen molar-refractivity contribution in [1.82, 2.24) is 5.32 Å². The number of hydrogen-bond acceptors (Lipinski definition) is 3. The summed E-state index contributed by atoms with van der Waals surface area (Å²) in [5, 5.41) is 2.86. The summed E-state index contributed by atoms with van der Waals surface area (Å²) < 4.78 is 5.37. The molecule has 0 spiro atoms. The van der Waals surface area contributed by atoms with Gasteiger partial charge in [-0.1, -0.05) is 45.1 Å². The maximum atomic E-state index is 11.6. The topological polar surface area (TPSA) is 64.3 Å². The summed E-state index contributed by atoms with van der Waals surface area (Å²) in [6.07, 6.45) is 7.33. The first-order valence-corrected chi connectivity index (χ1v) is 7.47. The number of carbonyl (C=O) groups excluding carboxylic acids is 1. The highest BCUT2D eigenvalue weighted by molar-refractivity contribution is 5.77. The summed E-state index contributed by atoms with van der Waals surface area (Å²) in [4.78, 5) is 11.6. The van der Waals surface area contributed by atoms with Crippen LogP contribution >= 0.6 is 0 Å². The number of carbonyl (C=O) groups is 1. The first-order valence-electron chi connectivity index (χ1n) is 7.47. The van der Waals surface area contributed by atoms with E-state index in [0.717, 1.165) is 13.0 Å². The van der Waals surface area contributed by atoms with Crippen molar-refractivity contribution < 1.29 is 9.53 Å². The minimum Gasteiger partial charge on any atom is -0.484 e. The minimum atomic E-state index is -0.0824. The molecular formula is C16H26N2O2. The number of nitrogen functional groups attached to an aromatic ring is 1. The lowest BCUT2D eigenvalue weighted by Crippen LogP contribution is -2.29. The lowest BCUT2D eigenvalue weighted by molar-refractivity contribution is -0.123. The summed E-state index contributed by atoms with van der Waals surface area (Å²) in [5.41, 5.74) is 6.27. The van der Waals surface area contributed by atoms with Gasteiger partial charge in [-0.3, -0.25) is 4.79 Å². The molecule has 112 valence electrons. The molecule has 1 rings (SSSR count). The smallest absolute Gasteiger partial charge is 0.257 e. The Kier molecular flexibility index (Phi) is 8.27. The van der Waals surface area contributed by atoms with Gasteiger partial charge >= 0.3 is 0 Å². The Labute approximate surface area is 121 Å². The largest absolute Gasteiger partial charge is 0.484 e. The van der Waals surface area contributed by atoms with Gasteiger partial charge in [-0.2, -0.15) is 0 Å². The van der Waals surface area contributed by atoms with E-state index < -0.39 is 0 Å². The van der Waals surface area contributed by atoms with Gasteiger partial charge in [0.2, 0.25) is 0 Å². The standard InChI is InChI=1S/C16H26N2O2/c1-2-3-4-5-6-7-11-18-16(19)13-20-15-10-8-9-14(17)12-15/h8-10,12H,2-7,11,13,17H2,1H3,(H,18,19). The molecule has 3 N–H and O–H groups in total. The van der Waals surface area contributed by atoms with Crippen molar-refractivity contribution in [2.24, 2.45) is 0 Å². The molecule has 1 aromatic carbocycles. The third-order valence-corrected chi connectivity index (χ3v) is 3.08. The fourth-order valence-corrected chi connectivity index (χ4v) is 1.94. The van der Waals surface area contributed by atoms with Crippen LogP contribution in [0.2, 0.25) is 0 Å². The molecule has 0 saturated heterocycles. The number of nitrogens with one attached hydrogen (secondary N) is 1. The van der Waals surface area contributed by atoms with E-state index in [2.05, 4.69) is 12.2 Å². The van der Waals surface area contributed by atoms with Crippen LogP contribution in [0.1, 0.15) is 45.4 Å². The highest BCUT2D eigenvalue weighted by Crippen LogP contribution is 2.13. The first kappa shape index (κ1) is 16.3. The predicted molar refractivity (Wildman–Crippen MR) is 82.7 cm³/mol. The van der Waals surface area contributed by atoms with Crippen molar-refractivity contribution in [2.45, 2.75) is 45.4 Å². The summed E-state index contributed by atoms with van der Waals surface area (Å²) in [6, 6.07) is 7.09. The Bertz CT molecular complexity index is 394. The second-order valence-corrected chi connectivity index (χ2v) is 4.98. The fraction of sp³-hybridized carbons (Fsp3) is 0.562. The normalized spacial score (nSPS) is 10.2. The quantitative estimate of drug-likeness (QED) is 0.510. The molecule has 0 aliphatic heterocycles.